The molecule has 7 atom stereocenters. The summed E-state index contributed by atoms with van der Waals surface area (Å²) in [5.41, 5.74) is 3.01. The monoisotopic (exact) mass is 641 g/mol. The maximum Gasteiger partial charge on any atom is 0.305 e. The number of benzene rings is 3. The Kier molecular flexibility index (Phi) is 6.72. The second-order valence-corrected chi connectivity index (χ2v) is 14.4. The number of halogens is 1. The minimum Gasteiger partial charge on any atom is -0.483 e. The minimum absolute atomic E-state index is 0.00168. The third-order valence-corrected chi connectivity index (χ3v) is 12.3. The molecule has 2 N–H and O–H groups in total. The van der Waals surface area contributed by atoms with Gasteiger partial charge in [-0.2, -0.15) is 0 Å². The number of anilines is 2. The summed E-state index contributed by atoms with van der Waals surface area (Å²) >= 11 is 2.77. The lowest BCUT2D eigenvalue weighted by Gasteiger charge is -2.43. The van der Waals surface area contributed by atoms with Crippen LogP contribution in [0.15, 0.2) is 82.6 Å². The van der Waals surface area contributed by atoms with Gasteiger partial charge in [0.25, 0.3) is 5.91 Å². The molecule has 8 nitrogen and oxygen atoms in total. The van der Waals surface area contributed by atoms with Crippen LogP contribution in [0.5, 0.6) is 5.75 Å². The average Bonchev–Trinajstić information content (AvgIpc) is 3.77. The number of hydrogen-bond acceptors (Lipinski definition) is 7. The van der Waals surface area contributed by atoms with Crippen LogP contribution >= 0.6 is 23.1 Å². The van der Waals surface area contributed by atoms with Crippen LogP contribution in [0.25, 0.3) is 0 Å². The number of aromatic amines is 1. The van der Waals surface area contributed by atoms with Crippen LogP contribution in [-0.2, 0) is 14.4 Å². The number of thiazole rings is 1. The van der Waals surface area contributed by atoms with E-state index in [1.807, 2.05) is 55.5 Å². The summed E-state index contributed by atoms with van der Waals surface area (Å²) in [6.45, 7) is 1.78. The van der Waals surface area contributed by atoms with Gasteiger partial charge in [-0.3, -0.25) is 24.1 Å². The molecule has 228 valence electrons. The first-order valence-corrected chi connectivity index (χ1v) is 16.6. The number of imide groups is 1. The average molecular weight is 642 g/mol. The van der Waals surface area contributed by atoms with Gasteiger partial charge in [0.05, 0.1) is 22.5 Å². The summed E-state index contributed by atoms with van der Waals surface area (Å²) in [5.74, 6) is -2.02. The van der Waals surface area contributed by atoms with E-state index < -0.39 is 17.7 Å². The highest BCUT2D eigenvalue weighted by Gasteiger charge is 2.69. The molecule has 11 heteroatoms. The third-order valence-electron chi connectivity index (χ3n) is 9.76. The predicted octanol–water partition coefficient (Wildman–Crippen LogP) is 5.58. The molecular weight excluding hydrogens is 614 g/mol. The molecule has 4 aliphatic rings. The molecule has 0 radical (unpaired) electrons. The predicted molar refractivity (Wildman–Crippen MR) is 169 cm³/mol. The van der Waals surface area contributed by atoms with E-state index in [1.54, 1.807) is 11.8 Å². The van der Waals surface area contributed by atoms with Crippen LogP contribution in [0.1, 0.15) is 28.3 Å². The molecule has 0 spiro atoms. The molecule has 8 rings (SSSR count). The zero-order chi connectivity index (χ0) is 31.0. The van der Waals surface area contributed by atoms with Gasteiger partial charge in [-0.15, -0.1) is 11.8 Å². The Morgan fingerprint density at radius 3 is 2.44 bits per heavy atom. The number of aryl methyl sites for hydroxylation is 1. The van der Waals surface area contributed by atoms with E-state index in [-0.39, 0.29) is 58.1 Å². The van der Waals surface area contributed by atoms with Gasteiger partial charge in [0.1, 0.15) is 11.6 Å². The molecule has 1 aromatic heterocycles. The van der Waals surface area contributed by atoms with Crippen LogP contribution in [0.2, 0.25) is 0 Å². The van der Waals surface area contributed by atoms with Gasteiger partial charge >= 0.3 is 4.87 Å². The maximum atomic E-state index is 13.9. The highest BCUT2D eigenvalue weighted by Crippen LogP contribution is 2.69. The zero-order valence-corrected chi connectivity index (χ0v) is 25.7. The fraction of sp³-hybridized carbons (Fsp3) is 0.294. The number of H-pyrrole nitrogens is 1. The van der Waals surface area contributed by atoms with Crippen molar-refractivity contribution in [3.05, 3.63) is 104 Å². The second kappa shape index (κ2) is 10.7. The molecule has 2 bridgehead atoms. The van der Waals surface area contributed by atoms with Crippen LogP contribution in [0.3, 0.4) is 0 Å². The second-order valence-electron chi connectivity index (χ2n) is 12.2. The normalized spacial score (nSPS) is 27.7. The summed E-state index contributed by atoms with van der Waals surface area (Å²) in [6, 6.07) is 20.6. The van der Waals surface area contributed by atoms with E-state index in [2.05, 4.69) is 10.3 Å². The summed E-state index contributed by atoms with van der Waals surface area (Å²) in [4.78, 5) is 58.2. The Bertz CT molecular complexity index is 1910. The zero-order valence-electron chi connectivity index (χ0n) is 24.1. The number of ether oxygens (including phenoxy) is 1. The molecule has 2 aliphatic heterocycles. The van der Waals surface area contributed by atoms with Crippen molar-refractivity contribution in [1.29, 1.82) is 0 Å². The summed E-state index contributed by atoms with van der Waals surface area (Å²) in [6.07, 6.45) is 0.740. The van der Waals surface area contributed by atoms with Gasteiger partial charge in [0, 0.05) is 27.3 Å². The van der Waals surface area contributed by atoms with Crippen molar-refractivity contribution in [3.8, 4) is 5.75 Å². The Balaban J connectivity index is 1.12. The highest BCUT2D eigenvalue weighted by atomic mass is 32.2. The van der Waals surface area contributed by atoms with Gasteiger partial charge < -0.3 is 15.0 Å². The molecule has 45 heavy (non-hydrogen) atoms. The van der Waals surface area contributed by atoms with E-state index in [4.69, 9.17) is 4.74 Å². The number of carbonyl (C=O) groups is 3. The number of aromatic nitrogens is 1. The van der Waals surface area contributed by atoms with E-state index in [0.29, 0.717) is 17.1 Å². The van der Waals surface area contributed by atoms with Crippen molar-refractivity contribution in [2.24, 2.45) is 29.6 Å². The minimum atomic E-state index is -0.484. The molecule has 1 saturated heterocycles. The third kappa shape index (κ3) is 4.54. The Labute approximate surface area is 266 Å². The van der Waals surface area contributed by atoms with Gasteiger partial charge in [-0.05, 0) is 73.6 Å². The van der Waals surface area contributed by atoms with Gasteiger partial charge in [-0.25, -0.2) is 4.39 Å². The van der Waals surface area contributed by atoms with E-state index >= 15 is 0 Å². The Morgan fingerprint density at radius 1 is 0.978 bits per heavy atom. The number of carbonyl (C=O) groups excluding carboxylic acids is 3. The summed E-state index contributed by atoms with van der Waals surface area (Å²) in [5, 5.41) is 3.66. The first-order chi connectivity index (χ1) is 21.8. The topological polar surface area (TPSA) is 109 Å². The standard InChI is InChI=1S/C34H28FN3O5S2/c1-16-6-10-18(11-7-16)36-24(39)15-43-23-5-3-2-4-20(23)25-26-21-14-22(29(26)44-31-30(25)45-34(42)37-31)28-27(21)32(40)38(33(28)41)19-12-8-17(35)9-13-19/h2-13,21-22,25-29H,14-15H2,1H3,(H,36,39)(H,37,42)/t21?,22?,25-,26?,27?,28?,29?/m1/s1. The van der Waals surface area contributed by atoms with Crippen molar-refractivity contribution in [1.82, 2.24) is 4.98 Å². The van der Waals surface area contributed by atoms with E-state index in [0.717, 1.165) is 27.5 Å². The molecule has 2 aliphatic carbocycles. The fourth-order valence-electron chi connectivity index (χ4n) is 8.06. The van der Waals surface area contributed by atoms with Crippen molar-refractivity contribution in [2.75, 3.05) is 16.8 Å². The van der Waals surface area contributed by atoms with Crippen molar-refractivity contribution >= 4 is 52.2 Å². The van der Waals surface area contributed by atoms with Gasteiger partial charge in [0.2, 0.25) is 11.8 Å². The quantitative estimate of drug-likeness (QED) is 0.266. The first kappa shape index (κ1) is 28.3. The highest BCUT2D eigenvalue weighted by molar-refractivity contribution is 8.00. The van der Waals surface area contributed by atoms with Crippen molar-refractivity contribution in [2.45, 2.75) is 29.5 Å². The SMILES string of the molecule is Cc1ccc(NC(=O)COc2ccccc2[C@H]2c3sc(=O)[nH]c3SC3C4CC(C5C(=O)N(c6ccc(F)cc6)C(=O)C45)C32)cc1. The lowest BCUT2D eigenvalue weighted by molar-refractivity contribution is -0.123. The summed E-state index contributed by atoms with van der Waals surface area (Å²) in [7, 11) is 0. The Morgan fingerprint density at radius 2 is 1.69 bits per heavy atom. The van der Waals surface area contributed by atoms with Crippen molar-refractivity contribution in [3.63, 3.8) is 0 Å². The number of fused-ring (bicyclic) bond motifs is 9. The fourth-order valence-corrected chi connectivity index (χ4v) is 10.9. The number of amides is 3. The largest absolute Gasteiger partial charge is 0.483 e. The lowest BCUT2D eigenvalue weighted by Crippen LogP contribution is -2.42. The molecule has 3 amide bonds. The lowest BCUT2D eigenvalue weighted by atomic mass is 9.68. The maximum absolute atomic E-state index is 13.9. The molecule has 3 heterocycles. The smallest absolute Gasteiger partial charge is 0.305 e. The number of thioether (sulfide) groups is 1. The van der Waals surface area contributed by atoms with Crippen LogP contribution in [-0.4, -0.2) is 34.6 Å². The summed E-state index contributed by atoms with van der Waals surface area (Å²) < 4.78 is 19.8. The molecule has 4 aromatic rings. The molecule has 3 aromatic carbocycles. The molecular formula is C34H28FN3O5S2. The van der Waals surface area contributed by atoms with Crippen LogP contribution in [0.4, 0.5) is 15.8 Å². The Hall–Kier alpha value is -4.22. The van der Waals surface area contributed by atoms with Crippen molar-refractivity contribution < 1.29 is 23.5 Å². The molecule has 3 fully saturated rings. The number of nitrogens with one attached hydrogen (secondary N) is 2. The molecule has 2 saturated carbocycles. The molecule has 6 unspecified atom stereocenters. The van der Waals surface area contributed by atoms with Gasteiger partial charge in [-0.1, -0.05) is 47.2 Å². The number of nitrogens with zero attached hydrogens (tertiary/aromatic N) is 1. The van der Waals surface area contributed by atoms with E-state index in [1.165, 1.54) is 40.5 Å². The number of para-hydroxylation sites is 1. The van der Waals surface area contributed by atoms with Crippen LogP contribution < -0.4 is 19.8 Å². The van der Waals surface area contributed by atoms with Gasteiger partial charge in [0.15, 0.2) is 6.61 Å². The number of hydrogen-bond donors (Lipinski definition) is 2. The number of rotatable bonds is 6. The first-order valence-electron chi connectivity index (χ1n) is 14.9. The van der Waals surface area contributed by atoms with Crippen LogP contribution in [0, 0.1) is 42.3 Å². The van der Waals surface area contributed by atoms with E-state index in [9.17, 15) is 23.6 Å².